The van der Waals surface area contributed by atoms with Crippen LogP contribution in [-0.2, 0) is 17.8 Å². The lowest BCUT2D eigenvalue weighted by Gasteiger charge is -2.23. The molecule has 12 heteroatoms. The van der Waals surface area contributed by atoms with E-state index in [4.69, 9.17) is 9.90 Å². The normalized spacial score (nSPS) is 19.3. The number of pyridine rings is 1. The molecule has 174 valence electrons. The van der Waals surface area contributed by atoms with Gasteiger partial charge in [0.2, 0.25) is 0 Å². The molecular formula is C21H20F3N5O3S. The highest BCUT2D eigenvalue weighted by Gasteiger charge is 2.46. The summed E-state index contributed by atoms with van der Waals surface area (Å²) in [6.07, 6.45) is 2.46. The first-order chi connectivity index (χ1) is 15.6. The van der Waals surface area contributed by atoms with Crippen molar-refractivity contribution in [3.8, 4) is 11.3 Å². The fourth-order valence-electron chi connectivity index (χ4n) is 4.21. The second kappa shape index (κ2) is 8.58. The Balaban J connectivity index is 0.000000325. The first kappa shape index (κ1) is 22.9. The Labute approximate surface area is 190 Å². The number of carboxylic acid groups (broad SMARTS) is 1. The Hall–Kier alpha value is -3.28. The lowest BCUT2D eigenvalue weighted by atomic mass is 9.86. The van der Waals surface area contributed by atoms with Crippen molar-refractivity contribution in [2.24, 2.45) is 5.41 Å². The van der Waals surface area contributed by atoms with Crippen molar-refractivity contribution >= 4 is 23.2 Å². The van der Waals surface area contributed by atoms with Gasteiger partial charge in [-0.25, -0.2) is 14.8 Å². The molecule has 2 aliphatic heterocycles. The molecule has 3 aromatic rings. The number of aromatic nitrogens is 4. The lowest BCUT2D eigenvalue weighted by molar-refractivity contribution is -0.192. The third kappa shape index (κ3) is 4.75. The van der Waals surface area contributed by atoms with E-state index in [9.17, 15) is 18.0 Å². The number of rotatable bonds is 2. The van der Waals surface area contributed by atoms with Gasteiger partial charge in [0.1, 0.15) is 11.5 Å². The predicted molar refractivity (Wildman–Crippen MR) is 113 cm³/mol. The summed E-state index contributed by atoms with van der Waals surface area (Å²) in [5.41, 5.74) is 2.88. The average molecular weight is 479 g/mol. The number of likely N-dealkylation sites (tertiary alicyclic amines) is 1. The molecule has 1 N–H and O–H groups in total. The fraction of sp³-hybridized carbons (Fsp3) is 0.381. The summed E-state index contributed by atoms with van der Waals surface area (Å²) < 4.78 is 34.0. The molecule has 0 saturated carbocycles. The smallest absolute Gasteiger partial charge is 0.475 e. The Morgan fingerprint density at radius 3 is 2.61 bits per heavy atom. The van der Waals surface area contributed by atoms with Gasteiger partial charge in [-0.15, -0.1) is 11.3 Å². The highest BCUT2D eigenvalue weighted by atomic mass is 32.1. The number of amides is 1. The van der Waals surface area contributed by atoms with Crippen LogP contribution in [0.15, 0.2) is 36.1 Å². The van der Waals surface area contributed by atoms with Gasteiger partial charge in [0.25, 0.3) is 5.91 Å². The number of hydrogen-bond acceptors (Lipinski definition) is 6. The van der Waals surface area contributed by atoms with E-state index in [2.05, 4.69) is 25.6 Å². The molecule has 8 nitrogen and oxygen atoms in total. The minimum Gasteiger partial charge on any atom is -0.475 e. The van der Waals surface area contributed by atoms with Crippen molar-refractivity contribution in [2.75, 3.05) is 13.1 Å². The molecule has 1 amide bonds. The van der Waals surface area contributed by atoms with E-state index >= 15 is 0 Å². The molecule has 5 heterocycles. The van der Waals surface area contributed by atoms with Gasteiger partial charge in [0.05, 0.1) is 16.9 Å². The number of halogens is 3. The second-order valence-electron chi connectivity index (χ2n) is 8.10. The molecule has 1 spiro atoms. The number of carbonyl (C=O) groups is 2. The molecule has 1 atom stereocenters. The van der Waals surface area contributed by atoms with Crippen molar-refractivity contribution in [1.29, 1.82) is 0 Å². The van der Waals surface area contributed by atoms with Crippen molar-refractivity contribution in [3.63, 3.8) is 0 Å². The number of carboxylic acids is 1. The summed E-state index contributed by atoms with van der Waals surface area (Å²) in [7, 11) is 0. The van der Waals surface area contributed by atoms with E-state index in [1.54, 1.807) is 6.20 Å². The Morgan fingerprint density at radius 2 is 2.00 bits per heavy atom. The van der Waals surface area contributed by atoms with E-state index in [0.29, 0.717) is 5.69 Å². The summed E-state index contributed by atoms with van der Waals surface area (Å²) in [5, 5.41) is 9.92. The number of imidazole rings is 1. The lowest BCUT2D eigenvalue weighted by Crippen LogP contribution is -2.33. The van der Waals surface area contributed by atoms with Crippen LogP contribution in [0.4, 0.5) is 13.2 Å². The number of alkyl halides is 3. The number of carbonyl (C=O) groups excluding carboxylic acids is 1. The zero-order valence-corrected chi connectivity index (χ0v) is 18.4. The van der Waals surface area contributed by atoms with E-state index in [0.717, 1.165) is 54.6 Å². The van der Waals surface area contributed by atoms with Gasteiger partial charge in [-0.3, -0.25) is 9.78 Å². The minimum atomic E-state index is -5.08. The topological polar surface area (TPSA) is 101 Å². The van der Waals surface area contributed by atoms with Gasteiger partial charge in [0.15, 0.2) is 0 Å². The zero-order chi connectivity index (χ0) is 23.8. The number of thiazole rings is 1. The van der Waals surface area contributed by atoms with Crippen LogP contribution in [0.25, 0.3) is 11.3 Å². The van der Waals surface area contributed by atoms with Crippen LogP contribution in [0.5, 0.6) is 0 Å². The Kier molecular flexibility index (Phi) is 5.95. The maximum absolute atomic E-state index is 12.7. The third-order valence-corrected chi connectivity index (χ3v) is 6.50. The quantitative estimate of drug-likeness (QED) is 0.604. The minimum absolute atomic E-state index is 0.0586. The number of hydrogen-bond donors (Lipinski definition) is 1. The molecule has 0 bridgehead atoms. The molecule has 0 radical (unpaired) electrons. The molecule has 1 fully saturated rings. The SMILES string of the molecule is Cc1nc(C(=O)N2CCC3(Cc4ncc(-c5cccnc5)n4C3)C2)cs1.O=C(O)C(F)(F)F. The van der Waals surface area contributed by atoms with E-state index in [-0.39, 0.29) is 11.3 Å². The standard InChI is InChI=1S/C19H19N5OS.C2HF3O2/c1-13-22-15(10-26-13)18(25)23-6-4-19(11-23)7-17-21-9-16(24(17)12-19)14-3-2-5-20-8-14;3-2(4,5)1(6)7/h2-3,5,8-10H,4,6-7,11-12H2,1H3;(H,6,7). The van der Waals surface area contributed by atoms with Gasteiger partial charge in [0, 0.05) is 54.8 Å². The molecule has 0 aromatic carbocycles. The van der Waals surface area contributed by atoms with E-state index in [1.165, 1.54) is 11.3 Å². The second-order valence-corrected chi connectivity index (χ2v) is 9.16. The van der Waals surface area contributed by atoms with Gasteiger partial charge in [-0.1, -0.05) is 0 Å². The molecule has 2 aliphatic rings. The maximum atomic E-state index is 12.7. The highest BCUT2D eigenvalue weighted by Crippen LogP contribution is 2.42. The van der Waals surface area contributed by atoms with Crippen LogP contribution in [0.3, 0.4) is 0 Å². The first-order valence-electron chi connectivity index (χ1n) is 10.0. The van der Waals surface area contributed by atoms with Crippen LogP contribution < -0.4 is 0 Å². The van der Waals surface area contributed by atoms with Gasteiger partial charge >= 0.3 is 12.1 Å². The van der Waals surface area contributed by atoms with Crippen molar-refractivity contribution in [1.82, 2.24) is 24.4 Å². The molecule has 0 aliphatic carbocycles. The number of nitrogens with zero attached hydrogens (tertiary/aromatic N) is 5. The monoisotopic (exact) mass is 479 g/mol. The number of aliphatic carboxylic acids is 1. The third-order valence-electron chi connectivity index (χ3n) is 5.73. The van der Waals surface area contributed by atoms with Crippen LogP contribution >= 0.6 is 11.3 Å². The zero-order valence-electron chi connectivity index (χ0n) is 17.5. The van der Waals surface area contributed by atoms with Gasteiger partial charge in [-0.2, -0.15) is 13.2 Å². The van der Waals surface area contributed by atoms with E-state index in [1.807, 2.05) is 35.7 Å². The molecule has 5 rings (SSSR count). The summed E-state index contributed by atoms with van der Waals surface area (Å²) in [6, 6.07) is 4.02. The van der Waals surface area contributed by atoms with Crippen LogP contribution in [0.1, 0.15) is 27.7 Å². The van der Waals surface area contributed by atoms with Crippen molar-refractivity contribution in [2.45, 2.75) is 32.5 Å². The first-order valence-corrected chi connectivity index (χ1v) is 10.9. The molecule has 1 saturated heterocycles. The molecular weight excluding hydrogens is 459 g/mol. The Bertz CT molecular complexity index is 1180. The summed E-state index contributed by atoms with van der Waals surface area (Å²) >= 11 is 1.53. The largest absolute Gasteiger partial charge is 0.490 e. The van der Waals surface area contributed by atoms with E-state index < -0.39 is 12.1 Å². The fourth-order valence-corrected chi connectivity index (χ4v) is 4.80. The summed E-state index contributed by atoms with van der Waals surface area (Å²) in [6.45, 7) is 4.41. The van der Waals surface area contributed by atoms with Gasteiger partial charge in [-0.05, 0) is 25.5 Å². The maximum Gasteiger partial charge on any atom is 0.490 e. The summed E-state index contributed by atoms with van der Waals surface area (Å²) in [4.78, 5) is 36.8. The summed E-state index contributed by atoms with van der Waals surface area (Å²) in [5.74, 6) is -1.58. The number of aryl methyl sites for hydroxylation is 1. The van der Waals surface area contributed by atoms with Crippen LogP contribution in [0, 0.1) is 12.3 Å². The van der Waals surface area contributed by atoms with Crippen LogP contribution in [0.2, 0.25) is 0 Å². The van der Waals surface area contributed by atoms with Gasteiger partial charge < -0.3 is 14.6 Å². The van der Waals surface area contributed by atoms with Crippen molar-refractivity contribution in [3.05, 3.63) is 52.6 Å². The Morgan fingerprint density at radius 1 is 1.24 bits per heavy atom. The molecule has 33 heavy (non-hydrogen) atoms. The van der Waals surface area contributed by atoms with Crippen LogP contribution in [-0.4, -0.2) is 60.7 Å². The number of fused-ring (bicyclic) bond motifs is 1. The predicted octanol–water partition coefficient (Wildman–Crippen LogP) is 3.43. The molecule has 1 unspecified atom stereocenters. The van der Waals surface area contributed by atoms with Crippen molar-refractivity contribution < 1.29 is 27.9 Å². The highest BCUT2D eigenvalue weighted by molar-refractivity contribution is 7.09. The average Bonchev–Trinajstić information content (AvgIpc) is 3.53. The molecule has 3 aromatic heterocycles.